The zero-order valence-corrected chi connectivity index (χ0v) is 17.7. The number of amides is 2. The number of nitrogens with zero attached hydrogens (tertiary/aromatic N) is 3. The summed E-state index contributed by atoms with van der Waals surface area (Å²) in [5.74, 6) is 0.935. The second-order valence-electron chi connectivity index (χ2n) is 6.99. The van der Waals surface area contributed by atoms with Gasteiger partial charge in [0, 0.05) is 0 Å². The largest absolute Gasteiger partial charge is 0.508 e. The molecule has 0 aliphatic rings. The predicted molar refractivity (Wildman–Crippen MR) is 123 cm³/mol. The summed E-state index contributed by atoms with van der Waals surface area (Å²) in [6.45, 7) is 2.11. The van der Waals surface area contributed by atoms with E-state index in [1.165, 1.54) is 12.1 Å². The lowest BCUT2D eigenvalue weighted by molar-refractivity contribution is 0.252. The highest BCUT2D eigenvalue weighted by Crippen LogP contribution is 2.30. The average molecular weight is 443 g/mol. The Morgan fingerprint density at radius 1 is 1.00 bits per heavy atom. The van der Waals surface area contributed by atoms with Crippen LogP contribution in [0.15, 0.2) is 88.4 Å². The maximum Gasteiger partial charge on any atom is 0.343 e. The molecule has 1 aromatic heterocycles. The molecule has 0 aliphatic heterocycles. The third-order valence-electron chi connectivity index (χ3n) is 4.61. The number of rotatable bonds is 7. The van der Waals surface area contributed by atoms with Crippen molar-refractivity contribution in [2.75, 3.05) is 5.32 Å². The maximum atomic E-state index is 12.2. The van der Waals surface area contributed by atoms with E-state index >= 15 is 0 Å². The van der Waals surface area contributed by atoms with Gasteiger partial charge in [0.2, 0.25) is 0 Å². The standard InChI is InChI=1S/C24H21N5O4/c1-16(18-11-13-19(30)14-12-18)26-28-23(31)25-24-29-27-22(33-24)20-9-5-6-10-21(20)32-15-17-7-3-2-4-8-17/h2-14,30H,15H2,1H3,(H2,25,28,29,31)/b26-16+. The Morgan fingerprint density at radius 2 is 1.73 bits per heavy atom. The molecule has 4 aromatic rings. The van der Waals surface area contributed by atoms with Crippen molar-refractivity contribution in [3.05, 3.63) is 90.0 Å². The number of benzene rings is 3. The predicted octanol–water partition coefficient (Wildman–Crippen LogP) is 4.57. The highest BCUT2D eigenvalue weighted by atomic mass is 16.5. The van der Waals surface area contributed by atoms with Crippen molar-refractivity contribution in [1.29, 1.82) is 0 Å². The van der Waals surface area contributed by atoms with E-state index < -0.39 is 6.03 Å². The van der Waals surface area contributed by atoms with Crippen LogP contribution >= 0.6 is 0 Å². The van der Waals surface area contributed by atoms with Gasteiger partial charge < -0.3 is 14.3 Å². The second kappa shape index (κ2) is 10.1. The number of carbonyl (C=O) groups excluding carboxylic acids is 1. The highest BCUT2D eigenvalue weighted by Gasteiger charge is 2.15. The lowest BCUT2D eigenvalue weighted by Gasteiger charge is -2.09. The van der Waals surface area contributed by atoms with Gasteiger partial charge in [-0.05, 0) is 54.4 Å². The third-order valence-corrected chi connectivity index (χ3v) is 4.61. The number of aromatic nitrogens is 2. The van der Waals surface area contributed by atoms with Gasteiger partial charge in [0.25, 0.3) is 5.89 Å². The molecule has 0 unspecified atom stereocenters. The molecule has 0 radical (unpaired) electrons. The minimum absolute atomic E-state index is 0.0853. The Hall–Kier alpha value is -4.66. The van der Waals surface area contributed by atoms with Gasteiger partial charge in [-0.2, -0.15) is 5.10 Å². The molecule has 4 rings (SSSR count). The van der Waals surface area contributed by atoms with Gasteiger partial charge in [-0.3, -0.25) is 5.32 Å². The van der Waals surface area contributed by atoms with Crippen LogP contribution in [0.3, 0.4) is 0 Å². The summed E-state index contributed by atoms with van der Waals surface area (Å²) in [7, 11) is 0. The Morgan fingerprint density at radius 3 is 2.52 bits per heavy atom. The van der Waals surface area contributed by atoms with Gasteiger partial charge in [-0.25, -0.2) is 10.2 Å². The van der Waals surface area contributed by atoms with Crippen molar-refractivity contribution in [3.8, 4) is 23.0 Å². The molecule has 3 aromatic carbocycles. The van der Waals surface area contributed by atoms with Crippen molar-refractivity contribution in [1.82, 2.24) is 15.6 Å². The van der Waals surface area contributed by atoms with Crippen molar-refractivity contribution in [2.24, 2.45) is 5.10 Å². The zero-order chi connectivity index (χ0) is 23.0. The fraction of sp³-hybridized carbons (Fsp3) is 0.0833. The minimum atomic E-state index is -0.642. The summed E-state index contributed by atoms with van der Waals surface area (Å²) < 4.78 is 11.5. The smallest absolute Gasteiger partial charge is 0.343 e. The number of urea groups is 1. The second-order valence-corrected chi connectivity index (χ2v) is 6.99. The quantitative estimate of drug-likeness (QED) is 0.284. The molecule has 0 saturated carbocycles. The van der Waals surface area contributed by atoms with E-state index in [0.29, 0.717) is 23.6 Å². The Kier molecular flexibility index (Phi) is 6.60. The van der Waals surface area contributed by atoms with E-state index in [1.54, 1.807) is 25.1 Å². The molecule has 0 spiro atoms. The molecule has 3 N–H and O–H groups in total. The van der Waals surface area contributed by atoms with E-state index in [4.69, 9.17) is 9.15 Å². The molecule has 0 fully saturated rings. The monoisotopic (exact) mass is 443 g/mol. The highest BCUT2D eigenvalue weighted by molar-refractivity contribution is 5.99. The van der Waals surface area contributed by atoms with Crippen LogP contribution in [-0.2, 0) is 6.61 Å². The molecule has 0 saturated heterocycles. The maximum absolute atomic E-state index is 12.2. The summed E-state index contributed by atoms with van der Waals surface area (Å²) in [4.78, 5) is 12.2. The molecule has 2 amide bonds. The van der Waals surface area contributed by atoms with Crippen LogP contribution in [0.4, 0.5) is 10.8 Å². The van der Waals surface area contributed by atoms with Gasteiger partial charge in [0.15, 0.2) is 0 Å². The van der Waals surface area contributed by atoms with Gasteiger partial charge in [-0.15, -0.1) is 5.10 Å². The lowest BCUT2D eigenvalue weighted by atomic mass is 10.1. The SMILES string of the molecule is C/C(=N\NC(=O)Nc1nnc(-c2ccccc2OCc2ccccc2)o1)c1ccc(O)cc1. The fourth-order valence-corrected chi connectivity index (χ4v) is 2.91. The number of phenolic OH excluding ortho intramolecular Hbond substituents is 1. The first-order chi connectivity index (χ1) is 16.1. The van der Waals surface area contributed by atoms with E-state index in [-0.39, 0.29) is 17.7 Å². The summed E-state index contributed by atoms with van der Waals surface area (Å²) in [6, 6.07) is 22.8. The van der Waals surface area contributed by atoms with Crippen molar-refractivity contribution < 1.29 is 19.1 Å². The summed E-state index contributed by atoms with van der Waals surface area (Å²) in [6.07, 6.45) is 0. The third kappa shape index (κ3) is 5.73. The van der Waals surface area contributed by atoms with Crippen molar-refractivity contribution >= 4 is 17.8 Å². The number of hydrazone groups is 1. The molecule has 1 heterocycles. The van der Waals surface area contributed by atoms with Gasteiger partial charge in [-0.1, -0.05) is 47.6 Å². The van der Waals surface area contributed by atoms with Gasteiger partial charge >= 0.3 is 12.0 Å². The van der Waals surface area contributed by atoms with Crippen molar-refractivity contribution in [2.45, 2.75) is 13.5 Å². The minimum Gasteiger partial charge on any atom is -0.508 e. The van der Waals surface area contributed by atoms with E-state index in [9.17, 15) is 9.90 Å². The molecule has 0 bridgehead atoms. The van der Waals surface area contributed by atoms with Crippen LogP contribution in [0, 0.1) is 0 Å². The number of hydrogen-bond acceptors (Lipinski definition) is 7. The Bertz CT molecular complexity index is 1250. The Labute approximate surface area is 189 Å². The fourth-order valence-electron chi connectivity index (χ4n) is 2.91. The average Bonchev–Trinajstić information content (AvgIpc) is 3.30. The molecular formula is C24H21N5O4. The van der Waals surface area contributed by atoms with E-state index in [1.807, 2.05) is 48.5 Å². The molecule has 9 heteroatoms. The number of ether oxygens (including phenoxy) is 1. The van der Waals surface area contributed by atoms with Crippen LogP contribution in [0.2, 0.25) is 0 Å². The first kappa shape index (κ1) is 21.6. The Balaban J connectivity index is 1.39. The zero-order valence-electron chi connectivity index (χ0n) is 17.7. The van der Waals surface area contributed by atoms with Gasteiger partial charge in [0.1, 0.15) is 18.1 Å². The number of aromatic hydroxyl groups is 1. The molecular weight excluding hydrogens is 422 g/mol. The molecule has 0 aliphatic carbocycles. The summed E-state index contributed by atoms with van der Waals surface area (Å²) in [5.41, 5.74) is 5.31. The first-order valence-electron chi connectivity index (χ1n) is 10.1. The number of carbonyl (C=O) groups is 1. The number of hydrogen-bond donors (Lipinski definition) is 3. The summed E-state index contributed by atoms with van der Waals surface area (Å²) in [5, 5.41) is 23.7. The first-order valence-corrected chi connectivity index (χ1v) is 10.1. The van der Waals surface area contributed by atoms with E-state index in [0.717, 1.165) is 11.1 Å². The van der Waals surface area contributed by atoms with Crippen LogP contribution in [-0.4, -0.2) is 27.0 Å². The van der Waals surface area contributed by atoms with E-state index in [2.05, 4.69) is 26.0 Å². The van der Waals surface area contributed by atoms with Crippen LogP contribution in [0.1, 0.15) is 18.1 Å². The normalized spacial score (nSPS) is 11.1. The molecule has 166 valence electrons. The van der Waals surface area contributed by atoms with Gasteiger partial charge in [0.05, 0.1) is 11.3 Å². The van der Waals surface area contributed by atoms with Crippen LogP contribution < -0.4 is 15.5 Å². The van der Waals surface area contributed by atoms with Crippen LogP contribution in [0.25, 0.3) is 11.5 Å². The lowest BCUT2D eigenvalue weighted by Crippen LogP contribution is -2.25. The topological polar surface area (TPSA) is 122 Å². The van der Waals surface area contributed by atoms with Crippen LogP contribution in [0.5, 0.6) is 11.5 Å². The number of phenols is 1. The molecule has 0 atom stereocenters. The molecule has 33 heavy (non-hydrogen) atoms. The summed E-state index contributed by atoms with van der Waals surface area (Å²) >= 11 is 0. The molecule has 9 nitrogen and oxygen atoms in total. The number of para-hydroxylation sites is 1. The number of anilines is 1. The van der Waals surface area contributed by atoms with Crippen molar-refractivity contribution in [3.63, 3.8) is 0 Å². The number of nitrogens with one attached hydrogen (secondary N) is 2.